The highest BCUT2D eigenvalue weighted by molar-refractivity contribution is 5.74. The minimum absolute atomic E-state index is 0.189. The van der Waals surface area contributed by atoms with Crippen molar-refractivity contribution in [3.05, 3.63) is 18.1 Å². The molecule has 0 saturated carbocycles. The van der Waals surface area contributed by atoms with E-state index >= 15 is 0 Å². The molecule has 0 amide bonds. The summed E-state index contributed by atoms with van der Waals surface area (Å²) in [7, 11) is 3.18. The molecule has 0 aliphatic heterocycles. The van der Waals surface area contributed by atoms with Gasteiger partial charge >= 0.3 is 5.97 Å². The Labute approximate surface area is 102 Å². The molecule has 17 heavy (non-hydrogen) atoms. The van der Waals surface area contributed by atoms with Gasteiger partial charge in [-0.25, -0.2) is 9.97 Å². The van der Waals surface area contributed by atoms with Gasteiger partial charge in [0.25, 0.3) is 0 Å². The zero-order valence-corrected chi connectivity index (χ0v) is 10.8. The third kappa shape index (κ3) is 4.38. The summed E-state index contributed by atoms with van der Waals surface area (Å²) in [6, 6.07) is 1.91. The molecule has 0 saturated heterocycles. The first-order valence-corrected chi connectivity index (χ1v) is 5.61. The Kier molecular flexibility index (Phi) is 4.87. The quantitative estimate of drug-likeness (QED) is 0.722. The summed E-state index contributed by atoms with van der Waals surface area (Å²) in [5, 5.41) is 0. The van der Waals surface area contributed by atoms with E-state index in [2.05, 4.69) is 28.6 Å². The molecule has 0 unspecified atom stereocenters. The van der Waals surface area contributed by atoms with Crippen LogP contribution in [-0.2, 0) is 16.0 Å². The van der Waals surface area contributed by atoms with E-state index in [1.165, 1.54) is 13.4 Å². The van der Waals surface area contributed by atoms with Crippen molar-refractivity contribution in [2.24, 2.45) is 5.92 Å². The van der Waals surface area contributed by atoms with E-state index in [0.29, 0.717) is 5.92 Å². The Bertz CT molecular complexity index is 380. The Morgan fingerprint density at radius 1 is 1.47 bits per heavy atom. The van der Waals surface area contributed by atoms with Crippen molar-refractivity contribution in [2.45, 2.75) is 20.3 Å². The fourth-order valence-corrected chi connectivity index (χ4v) is 1.46. The predicted molar refractivity (Wildman–Crippen MR) is 65.9 cm³/mol. The van der Waals surface area contributed by atoms with Crippen LogP contribution in [0.1, 0.15) is 19.5 Å². The van der Waals surface area contributed by atoms with Crippen LogP contribution in [0.25, 0.3) is 0 Å². The summed E-state index contributed by atoms with van der Waals surface area (Å²) in [4.78, 5) is 21.2. The average Bonchev–Trinajstić information content (AvgIpc) is 2.28. The molecule has 0 aliphatic carbocycles. The molecule has 0 radical (unpaired) electrons. The van der Waals surface area contributed by atoms with Crippen LogP contribution in [0.3, 0.4) is 0 Å². The Morgan fingerprint density at radius 3 is 2.76 bits per heavy atom. The van der Waals surface area contributed by atoms with E-state index in [1.807, 2.05) is 6.07 Å². The minimum atomic E-state index is -0.281. The number of hydrogen-bond donors (Lipinski definition) is 0. The largest absolute Gasteiger partial charge is 0.468 e. The van der Waals surface area contributed by atoms with E-state index < -0.39 is 0 Å². The number of methoxy groups -OCH3 is 1. The lowest BCUT2D eigenvalue weighted by atomic mass is 10.1. The summed E-state index contributed by atoms with van der Waals surface area (Å²) in [5.74, 6) is 1.00. The van der Waals surface area contributed by atoms with Crippen molar-refractivity contribution in [3.63, 3.8) is 0 Å². The van der Waals surface area contributed by atoms with Crippen LogP contribution in [0.2, 0.25) is 0 Å². The molecule has 0 N–H and O–H groups in total. The first kappa shape index (κ1) is 13.4. The minimum Gasteiger partial charge on any atom is -0.468 e. The number of rotatable bonds is 5. The third-order valence-electron chi connectivity index (χ3n) is 2.31. The fraction of sp³-hybridized carbons (Fsp3) is 0.583. The summed E-state index contributed by atoms with van der Waals surface area (Å²) >= 11 is 0. The second kappa shape index (κ2) is 6.18. The van der Waals surface area contributed by atoms with Gasteiger partial charge in [0.05, 0.1) is 7.11 Å². The normalized spacial score (nSPS) is 10.4. The van der Waals surface area contributed by atoms with Crippen molar-refractivity contribution in [1.82, 2.24) is 9.97 Å². The van der Waals surface area contributed by atoms with E-state index in [9.17, 15) is 4.79 Å². The summed E-state index contributed by atoms with van der Waals surface area (Å²) in [5.41, 5.74) is 0.988. The van der Waals surface area contributed by atoms with Crippen LogP contribution in [-0.4, -0.2) is 36.6 Å². The highest BCUT2D eigenvalue weighted by Gasteiger charge is 2.09. The van der Waals surface area contributed by atoms with Crippen LogP contribution >= 0.6 is 0 Å². The Morgan fingerprint density at radius 2 is 2.18 bits per heavy atom. The van der Waals surface area contributed by atoms with Gasteiger partial charge in [0.2, 0.25) is 0 Å². The maximum atomic E-state index is 11.2. The van der Waals surface area contributed by atoms with Crippen molar-refractivity contribution < 1.29 is 9.53 Å². The topological polar surface area (TPSA) is 55.3 Å². The predicted octanol–water partition coefficient (Wildman–Crippen LogP) is 1.28. The SMILES string of the molecule is COC(=O)CN(C)c1cc(CC(C)C)ncn1. The molecule has 1 heterocycles. The smallest absolute Gasteiger partial charge is 0.325 e. The van der Waals surface area contributed by atoms with Crippen LogP contribution in [0.15, 0.2) is 12.4 Å². The first-order chi connectivity index (χ1) is 8.02. The number of nitrogens with zero attached hydrogens (tertiary/aromatic N) is 3. The van der Waals surface area contributed by atoms with E-state index in [4.69, 9.17) is 0 Å². The lowest BCUT2D eigenvalue weighted by molar-refractivity contribution is -0.138. The molecule has 0 atom stereocenters. The second-order valence-corrected chi connectivity index (χ2v) is 4.40. The number of ether oxygens (including phenoxy) is 1. The van der Waals surface area contributed by atoms with Crippen molar-refractivity contribution in [3.8, 4) is 0 Å². The van der Waals surface area contributed by atoms with Gasteiger partial charge in [0, 0.05) is 18.8 Å². The molecule has 0 spiro atoms. The van der Waals surface area contributed by atoms with Crippen LogP contribution in [0, 0.1) is 5.92 Å². The molecule has 0 aliphatic rings. The molecule has 5 heteroatoms. The molecule has 1 aromatic rings. The molecule has 0 bridgehead atoms. The summed E-state index contributed by atoms with van der Waals surface area (Å²) in [6.07, 6.45) is 2.43. The maximum absolute atomic E-state index is 11.2. The standard InChI is InChI=1S/C12H19N3O2/c1-9(2)5-10-6-11(14-8-13-10)15(3)7-12(16)17-4/h6,8-9H,5,7H2,1-4H3. The van der Waals surface area contributed by atoms with Crippen molar-refractivity contribution in [2.75, 3.05) is 25.6 Å². The van der Waals surface area contributed by atoms with Crippen molar-refractivity contribution in [1.29, 1.82) is 0 Å². The van der Waals surface area contributed by atoms with Gasteiger partial charge in [-0.3, -0.25) is 4.79 Å². The lowest BCUT2D eigenvalue weighted by Crippen LogP contribution is -2.27. The number of likely N-dealkylation sites (N-methyl/N-ethyl adjacent to an activating group) is 1. The lowest BCUT2D eigenvalue weighted by Gasteiger charge is -2.17. The summed E-state index contributed by atoms with van der Waals surface area (Å²) < 4.78 is 4.61. The second-order valence-electron chi connectivity index (χ2n) is 4.40. The molecule has 0 aromatic carbocycles. The van der Waals surface area contributed by atoms with Crippen LogP contribution < -0.4 is 4.90 Å². The van der Waals surface area contributed by atoms with Crippen molar-refractivity contribution >= 4 is 11.8 Å². The zero-order valence-electron chi connectivity index (χ0n) is 10.8. The zero-order chi connectivity index (χ0) is 12.8. The van der Waals surface area contributed by atoms with Gasteiger partial charge in [0.15, 0.2) is 0 Å². The van der Waals surface area contributed by atoms with E-state index in [1.54, 1.807) is 11.9 Å². The van der Waals surface area contributed by atoms with Gasteiger partial charge in [-0.2, -0.15) is 0 Å². The molecule has 1 aromatic heterocycles. The Hall–Kier alpha value is -1.65. The molecule has 0 fully saturated rings. The van der Waals surface area contributed by atoms with Crippen LogP contribution in [0.4, 0.5) is 5.82 Å². The number of aromatic nitrogens is 2. The molecular weight excluding hydrogens is 218 g/mol. The average molecular weight is 237 g/mol. The fourth-order valence-electron chi connectivity index (χ4n) is 1.46. The number of carbonyl (C=O) groups excluding carboxylic acids is 1. The van der Waals surface area contributed by atoms with Crippen LogP contribution in [0.5, 0.6) is 0 Å². The number of carbonyl (C=O) groups is 1. The monoisotopic (exact) mass is 237 g/mol. The number of hydrogen-bond acceptors (Lipinski definition) is 5. The highest BCUT2D eigenvalue weighted by Crippen LogP contribution is 2.12. The van der Waals surface area contributed by atoms with Gasteiger partial charge in [-0.15, -0.1) is 0 Å². The molecule has 94 valence electrons. The first-order valence-electron chi connectivity index (χ1n) is 5.61. The molecular formula is C12H19N3O2. The van der Waals surface area contributed by atoms with Gasteiger partial charge in [-0.1, -0.05) is 13.8 Å². The van der Waals surface area contributed by atoms with Gasteiger partial charge in [0.1, 0.15) is 18.7 Å². The van der Waals surface area contributed by atoms with Gasteiger partial charge < -0.3 is 9.64 Å². The number of anilines is 1. The third-order valence-corrected chi connectivity index (χ3v) is 2.31. The number of esters is 1. The summed E-state index contributed by atoms with van der Waals surface area (Å²) in [6.45, 7) is 4.47. The highest BCUT2D eigenvalue weighted by atomic mass is 16.5. The van der Waals surface area contributed by atoms with Gasteiger partial charge in [-0.05, 0) is 12.3 Å². The maximum Gasteiger partial charge on any atom is 0.325 e. The van der Waals surface area contributed by atoms with E-state index in [-0.39, 0.29) is 12.5 Å². The molecule has 1 rings (SSSR count). The molecule has 5 nitrogen and oxygen atoms in total. The Balaban J connectivity index is 2.73. The van der Waals surface area contributed by atoms with E-state index in [0.717, 1.165) is 17.9 Å².